The van der Waals surface area contributed by atoms with E-state index in [1.54, 1.807) is 6.07 Å². The van der Waals surface area contributed by atoms with Gasteiger partial charge in [0.25, 0.3) is 0 Å². The zero-order chi connectivity index (χ0) is 20.1. The highest BCUT2D eigenvalue weighted by atomic mass is 32.2. The minimum absolute atomic E-state index is 0.129. The van der Waals surface area contributed by atoms with Crippen LogP contribution < -0.4 is 0 Å². The Kier molecular flexibility index (Phi) is 6.10. The van der Waals surface area contributed by atoms with Gasteiger partial charge in [-0.1, -0.05) is 0 Å². The Morgan fingerprint density at radius 2 is 2.04 bits per heavy atom. The van der Waals surface area contributed by atoms with Crippen LogP contribution in [-0.2, 0) is 30.9 Å². The molecule has 3 rings (SSSR count). The SMILES string of the molecule is COC(=O)c1ccoc1COC(=O)C1CCN(S(=O)(=O)c2cccnc2)CC1. The van der Waals surface area contributed by atoms with E-state index in [9.17, 15) is 18.0 Å². The van der Waals surface area contributed by atoms with Crippen LogP contribution in [0.5, 0.6) is 0 Å². The molecule has 28 heavy (non-hydrogen) atoms. The van der Waals surface area contributed by atoms with E-state index in [0.717, 1.165) is 0 Å². The molecule has 1 fully saturated rings. The summed E-state index contributed by atoms with van der Waals surface area (Å²) in [4.78, 5) is 27.9. The van der Waals surface area contributed by atoms with E-state index in [-0.39, 0.29) is 35.9 Å². The second-order valence-electron chi connectivity index (χ2n) is 6.22. The molecule has 0 bridgehead atoms. The number of pyridine rings is 1. The molecule has 0 radical (unpaired) electrons. The number of furan rings is 1. The number of aromatic nitrogens is 1. The lowest BCUT2D eigenvalue weighted by molar-refractivity contribution is -0.151. The Morgan fingerprint density at radius 3 is 2.68 bits per heavy atom. The minimum atomic E-state index is -3.62. The highest BCUT2D eigenvalue weighted by Gasteiger charge is 2.33. The summed E-state index contributed by atoms with van der Waals surface area (Å²) in [5, 5.41) is 0. The smallest absolute Gasteiger partial charge is 0.341 e. The summed E-state index contributed by atoms with van der Waals surface area (Å²) in [7, 11) is -2.38. The zero-order valence-electron chi connectivity index (χ0n) is 15.2. The average Bonchev–Trinajstić information content (AvgIpc) is 3.21. The van der Waals surface area contributed by atoms with Crippen molar-refractivity contribution in [1.29, 1.82) is 0 Å². The second-order valence-corrected chi connectivity index (χ2v) is 8.16. The van der Waals surface area contributed by atoms with E-state index in [2.05, 4.69) is 9.72 Å². The van der Waals surface area contributed by atoms with Gasteiger partial charge in [0.05, 0.1) is 19.3 Å². The van der Waals surface area contributed by atoms with Gasteiger partial charge in [-0.05, 0) is 31.0 Å². The molecule has 2 aromatic rings. The van der Waals surface area contributed by atoms with Crippen LogP contribution in [0.1, 0.15) is 29.0 Å². The monoisotopic (exact) mass is 408 g/mol. The first-order valence-electron chi connectivity index (χ1n) is 8.65. The van der Waals surface area contributed by atoms with Crippen LogP contribution in [-0.4, -0.2) is 49.8 Å². The van der Waals surface area contributed by atoms with Crippen molar-refractivity contribution in [2.75, 3.05) is 20.2 Å². The minimum Gasteiger partial charge on any atom is -0.465 e. The van der Waals surface area contributed by atoms with Gasteiger partial charge in [-0.3, -0.25) is 9.78 Å². The van der Waals surface area contributed by atoms with Crippen molar-refractivity contribution in [1.82, 2.24) is 9.29 Å². The molecule has 0 saturated carbocycles. The van der Waals surface area contributed by atoms with E-state index < -0.39 is 27.9 Å². The molecule has 1 aliphatic heterocycles. The van der Waals surface area contributed by atoms with Gasteiger partial charge in [-0.15, -0.1) is 0 Å². The second kappa shape index (κ2) is 8.53. The molecule has 3 heterocycles. The lowest BCUT2D eigenvalue weighted by atomic mass is 9.98. The number of rotatable bonds is 6. The van der Waals surface area contributed by atoms with Gasteiger partial charge in [0, 0.05) is 25.5 Å². The molecule has 0 spiro atoms. The van der Waals surface area contributed by atoms with Gasteiger partial charge in [0.1, 0.15) is 17.1 Å². The van der Waals surface area contributed by atoms with E-state index >= 15 is 0 Å². The maximum atomic E-state index is 12.6. The summed E-state index contributed by atoms with van der Waals surface area (Å²) >= 11 is 0. The van der Waals surface area contributed by atoms with Crippen LogP contribution in [0.25, 0.3) is 0 Å². The Bertz CT molecular complexity index is 932. The lowest BCUT2D eigenvalue weighted by Crippen LogP contribution is -2.40. The van der Waals surface area contributed by atoms with Crippen LogP contribution in [0.4, 0.5) is 0 Å². The molecule has 0 N–H and O–H groups in total. The van der Waals surface area contributed by atoms with Gasteiger partial charge < -0.3 is 13.9 Å². The Morgan fingerprint density at radius 1 is 1.29 bits per heavy atom. The first kappa shape index (κ1) is 20.0. The quantitative estimate of drug-likeness (QED) is 0.662. The number of hydrogen-bond donors (Lipinski definition) is 0. The molecule has 0 aliphatic carbocycles. The number of piperidine rings is 1. The highest BCUT2D eigenvalue weighted by Crippen LogP contribution is 2.25. The third-order valence-corrected chi connectivity index (χ3v) is 6.44. The molecule has 0 unspecified atom stereocenters. The van der Waals surface area contributed by atoms with Crippen molar-refractivity contribution < 1.29 is 31.9 Å². The van der Waals surface area contributed by atoms with Crippen molar-refractivity contribution in [3.8, 4) is 0 Å². The highest BCUT2D eigenvalue weighted by molar-refractivity contribution is 7.89. The summed E-state index contributed by atoms with van der Waals surface area (Å²) in [5.41, 5.74) is 0.202. The standard InChI is InChI=1S/C18H20N2O7S/c1-25-18(22)15-6-10-26-16(15)12-27-17(21)13-4-8-20(9-5-13)28(23,24)14-3-2-7-19-11-14/h2-3,6-7,10-11,13H,4-5,8-9,12H2,1H3. The Balaban J connectivity index is 1.55. The normalized spacial score (nSPS) is 15.9. The first-order valence-corrected chi connectivity index (χ1v) is 10.1. The third kappa shape index (κ3) is 4.23. The number of carbonyl (C=O) groups is 2. The maximum Gasteiger partial charge on any atom is 0.341 e. The lowest BCUT2D eigenvalue weighted by Gasteiger charge is -2.29. The summed E-state index contributed by atoms with van der Waals surface area (Å²) in [5.74, 6) is -1.24. The fourth-order valence-corrected chi connectivity index (χ4v) is 4.41. The number of nitrogens with zero attached hydrogens (tertiary/aromatic N) is 2. The molecule has 0 amide bonds. The number of ether oxygens (including phenoxy) is 2. The van der Waals surface area contributed by atoms with Crippen LogP contribution in [0, 0.1) is 5.92 Å². The number of esters is 2. The number of methoxy groups -OCH3 is 1. The van der Waals surface area contributed by atoms with Gasteiger partial charge >= 0.3 is 11.9 Å². The topological polar surface area (TPSA) is 116 Å². The van der Waals surface area contributed by atoms with Crippen LogP contribution in [0.3, 0.4) is 0 Å². The molecule has 1 aliphatic rings. The van der Waals surface area contributed by atoms with Gasteiger partial charge in [-0.2, -0.15) is 4.31 Å². The molecule has 0 atom stereocenters. The van der Waals surface area contributed by atoms with Crippen LogP contribution >= 0.6 is 0 Å². The molecule has 0 aromatic carbocycles. The van der Waals surface area contributed by atoms with Crippen LogP contribution in [0.2, 0.25) is 0 Å². The predicted octanol–water partition coefficient (Wildman–Crippen LogP) is 1.61. The largest absolute Gasteiger partial charge is 0.465 e. The predicted molar refractivity (Wildman–Crippen MR) is 95.6 cm³/mol. The van der Waals surface area contributed by atoms with Crippen molar-refractivity contribution in [2.45, 2.75) is 24.3 Å². The van der Waals surface area contributed by atoms with Crippen LogP contribution in [0.15, 0.2) is 46.2 Å². The zero-order valence-corrected chi connectivity index (χ0v) is 16.1. The summed E-state index contributed by atoms with van der Waals surface area (Å²) in [6.45, 7) is 0.237. The number of carbonyl (C=O) groups excluding carboxylic acids is 2. The Labute approximate surface area is 162 Å². The fraction of sp³-hybridized carbons (Fsp3) is 0.389. The summed E-state index contributed by atoms with van der Waals surface area (Å²) in [6.07, 6.45) is 4.82. The Hall–Kier alpha value is -2.72. The van der Waals surface area contributed by atoms with Gasteiger partial charge in [0.2, 0.25) is 10.0 Å². The van der Waals surface area contributed by atoms with Crippen molar-refractivity contribution in [2.24, 2.45) is 5.92 Å². The van der Waals surface area contributed by atoms with E-state index in [1.807, 2.05) is 0 Å². The van der Waals surface area contributed by atoms with Crippen molar-refractivity contribution >= 4 is 22.0 Å². The number of sulfonamides is 1. The van der Waals surface area contributed by atoms with Gasteiger partial charge in [0.15, 0.2) is 5.76 Å². The molecule has 2 aromatic heterocycles. The average molecular weight is 408 g/mol. The number of hydrogen-bond acceptors (Lipinski definition) is 8. The van der Waals surface area contributed by atoms with E-state index in [1.165, 1.54) is 42.2 Å². The fourth-order valence-electron chi connectivity index (χ4n) is 2.98. The molecule has 150 valence electrons. The molecule has 9 nitrogen and oxygen atoms in total. The first-order chi connectivity index (χ1) is 13.4. The van der Waals surface area contributed by atoms with Crippen molar-refractivity contribution in [3.05, 3.63) is 48.2 Å². The third-order valence-electron chi connectivity index (χ3n) is 4.56. The van der Waals surface area contributed by atoms with E-state index in [4.69, 9.17) is 9.15 Å². The molecule has 10 heteroatoms. The molecule has 1 saturated heterocycles. The molecular weight excluding hydrogens is 388 g/mol. The van der Waals surface area contributed by atoms with Crippen molar-refractivity contribution in [3.63, 3.8) is 0 Å². The molecular formula is C18H20N2O7S. The van der Waals surface area contributed by atoms with E-state index in [0.29, 0.717) is 12.8 Å². The summed E-state index contributed by atoms with van der Waals surface area (Å²) < 4.78 is 41.6. The van der Waals surface area contributed by atoms with Gasteiger partial charge in [-0.25, -0.2) is 13.2 Å². The summed E-state index contributed by atoms with van der Waals surface area (Å²) in [6, 6.07) is 4.50. The maximum absolute atomic E-state index is 12.6.